The van der Waals surface area contributed by atoms with Crippen LogP contribution in [0.3, 0.4) is 0 Å². The second-order valence-corrected chi connectivity index (χ2v) is 6.94. The molecule has 0 radical (unpaired) electrons. The van der Waals surface area contributed by atoms with Gasteiger partial charge in [-0.15, -0.1) is 0 Å². The SMILES string of the molecule is O=c1ccc2ccc(OCCCNCC3COc4ccc(Cl)cc4O3)cc2o1. The lowest BCUT2D eigenvalue weighted by molar-refractivity contribution is 0.0903. The molecule has 6 nitrogen and oxygen atoms in total. The minimum Gasteiger partial charge on any atom is -0.493 e. The van der Waals surface area contributed by atoms with Crippen LogP contribution < -0.4 is 25.2 Å². The summed E-state index contributed by atoms with van der Waals surface area (Å²) in [6.07, 6.45) is 0.766. The van der Waals surface area contributed by atoms with E-state index in [0.29, 0.717) is 41.9 Å². The Morgan fingerprint density at radius 1 is 1.11 bits per heavy atom. The highest BCUT2D eigenvalue weighted by atomic mass is 35.5. The second-order valence-electron chi connectivity index (χ2n) is 6.50. The Hall–Kier alpha value is -2.70. The summed E-state index contributed by atoms with van der Waals surface area (Å²) in [5.74, 6) is 2.08. The molecule has 1 aliphatic heterocycles. The minimum absolute atomic E-state index is 0.0599. The molecule has 0 saturated heterocycles. The van der Waals surface area contributed by atoms with E-state index in [2.05, 4.69) is 5.32 Å². The van der Waals surface area contributed by atoms with Crippen LogP contribution >= 0.6 is 11.6 Å². The Balaban J connectivity index is 1.18. The third-order valence-electron chi connectivity index (χ3n) is 4.36. The first kappa shape index (κ1) is 18.7. The predicted molar refractivity (Wildman–Crippen MR) is 107 cm³/mol. The van der Waals surface area contributed by atoms with Crippen LogP contribution in [-0.4, -0.2) is 32.4 Å². The van der Waals surface area contributed by atoms with Crippen molar-refractivity contribution in [3.8, 4) is 17.2 Å². The molecule has 1 N–H and O–H groups in total. The largest absolute Gasteiger partial charge is 0.493 e. The summed E-state index contributed by atoms with van der Waals surface area (Å²) in [7, 11) is 0. The van der Waals surface area contributed by atoms with Crippen LogP contribution in [0.2, 0.25) is 5.02 Å². The maximum Gasteiger partial charge on any atom is 0.336 e. The molecule has 4 rings (SSSR count). The fraction of sp³-hybridized carbons (Fsp3) is 0.286. The van der Waals surface area contributed by atoms with Crippen molar-refractivity contribution in [1.29, 1.82) is 0 Å². The molecule has 2 aromatic carbocycles. The number of ether oxygens (including phenoxy) is 3. The van der Waals surface area contributed by atoms with Gasteiger partial charge in [-0.1, -0.05) is 11.6 Å². The number of nitrogens with one attached hydrogen (secondary N) is 1. The van der Waals surface area contributed by atoms with E-state index in [-0.39, 0.29) is 11.7 Å². The first-order valence-corrected chi connectivity index (χ1v) is 9.52. The van der Waals surface area contributed by atoms with E-state index in [1.165, 1.54) is 6.07 Å². The summed E-state index contributed by atoms with van der Waals surface area (Å²) in [6, 6.07) is 14.0. The lowest BCUT2D eigenvalue weighted by Crippen LogP contribution is -2.39. The first-order valence-electron chi connectivity index (χ1n) is 9.14. The van der Waals surface area contributed by atoms with Crippen LogP contribution in [0.15, 0.2) is 57.7 Å². The Morgan fingerprint density at radius 2 is 2.00 bits per heavy atom. The topological polar surface area (TPSA) is 69.9 Å². The van der Waals surface area contributed by atoms with Crippen LogP contribution in [0, 0.1) is 0 Å². The molecule has 0 saturated carbocycles. The van der Waals surface area contributed by atoms with Gasteiger partial charge in [-0.25, -0.2) is 4.79 Å². The fourth-order valence-corrected chi connectivity index (χ4v) is 3.13. The molecular formula is C21H20ClNO5. The summed E-state index contributed by atoms with van der Waals surface area (Å²) in [5.41, 5.74) is 0.158. The average Bonchev–Trinajstić information content (AvgIpc) is 2.70. The van der Waals surface area contributed by atoms with E-state index in [9.17, 15) is 4.79 Å². The zero-order chi connectivity index (χ0) is 19.3. The van der Waals surface area contributed by atoms with Gasteiger partial charge in [0.25, 0.3) is 0 Å². The normalized spacial score (nSPS) is 15.5. The van der Waals surface area contributed by atoms with E-state index in [1.807, 2.05) is 18.2 Å². The minimum atomic E-state index is -0.368. The van der Waals surface area contributed by atoms with Gasteiger partial charge in [0.1, 0.15) is 24.0 Å². The molecule has 1 aliphatic rings. The molecule has 0 spiro atoms. The number of hydrogen-bond donors (Lipinski definition) is 1. The molecule has 3 aromatic rings. The summed E-state index contributed by atoms with van der Waals surface area (Å²) in [6.45, 7) is 2.51. The molecule has 1 unspecified atom stereocenters. The number of benzene rings is 2. The summed E-state index contributed by atoms with van der Waals surface area (Å²) in [5, 5.41) is 4.84. The van der Waals surface area contributed by atoms with Crippen molar-refractivity contribution in [2.45, 2.75) is 12.5 Å². The molecule has 2 heterocycles. The lowest BCUT2D eigenvalue weighted by Gasteiger charge is -2.26. The Kier molecular flexibility index (Phi) is 5.69. The molecule has 7 heteroatoms. The van der Waals surface area contributed by atoms with Crippen LogP contribution in [0.25, 0.3) is 11.0 Å². The van der Waals surface area contributed by atoms with Gasteiger partial charge in [0.2, 0.25) is 0 Å². The predicted octanol–water partition coefficient (Wildman–Crippen LogP) is 3.64. The maximum atomic E-state index is 11.3. The van der Waals surface area contributed by atoms with E-state index in [4.69, 9.17) is 30.2 Å². The monoisotopic (exact) mass is 401 g/mol. The molecule has 28 heavy (non-hydrogen) atoms. The zero-order valence-electron chi connectivity index (χ0n) is 15.2. The Labute approximate surface area is 167 Å². The average molecular weight is 402 g/mol. The Bertz CT molecular complexity index is 1020. The molecular weight excluding hydrogens is 382 g/mol. The fourth-order valence-electron chi connectivity index (χ4n) is 2.97. The van der Waals surface area contributed by atoms with Gasteiger partial charge >= 0.3 is 5.63 Å². The highest BCUT2D eigenvalue weighted by Gasteiger charge is 2.20. The van der Waals surface area contributed by atoms with Crippen LogP contribution in [-0.2, 0) is 0 Å². The van der Waals surface area contributed by atoms with Gasteiger partial charge in [0, 0.05) is 35.2 Å². The third-order valence-corrected chi connectivity index (χ3v) is 4.59. The van der Waals surface area contributed by atoms with Crippen molar-refractivity contribution in [2.24, 2.45) is 0 Å². The lowest BCUT2D eigenvalue weighted by atomic mass is 10.2. The van der Waals surface area contributed by atoms with Crippen molar-refractivity contribution in [2.75, 3.05) is 26.3 Å². The molecule has 0 amide bonds. The van der Waals surface area contributed by atoms with Crippen molar-refractivity contribution in [1.82, 2.24) is 5.32 Å². The zero-order valence-corrected chi connectivity index (χ0v) is 15.9. The van der Waals surface area contributed by atoms with Crippen LogP contribution in [0.5, 0.6) is 17.2 Å². The standard InChI is InChI=1S/C21H20ClNO5/c22-15-4-6-18-20(10-15)27-17(13-26-18)12-23-8-1-9-25-16-5-2-14-3-7-21(24)28-19(14)11-16/h2-7,10-11,17,23H,1,8-9,12-13H2. The molecule has 0 bridgehead atoms. The second kappa shape index (κ2) is 8.54. The number of halogens is 1. The number of hydrogen-bond acceptors (Lipinski definition) is 6. The summed E-state index contributed by atoms with van der Waals surface area (Å²) < 4.78 is 22.5. The summed E-state index contributed by atoms with van der Waals surface area (Å²) in [4.78, 5) is 11.3. The van der Waals surface area contributed by atoms with Gasteiger partial charge in [-0.05, 0) is 43.3 Å². The van der Waals surface area contributed by atoms with Gasteiger partial charge in [-0.3, -0.25) is 0 Å². The van der Waals surface area contributed by atoms with E-state index < -0.39 is 0 Å². The van der Waals surface area contributed by atoms with Crippen molar-refractivity contribution < 1.29 is 18.6 Å². The molecule has 146 valence electrons. The molecule has 1 aromatic heterocycles. The van der Waals surface area contributed by atoms with Crippen molar-refractivity contribution in [3.05, 3.63) is 64.0 Å². The highest BCUT2D eigenvalue weighted by molar-refractivity contribution is 6.30. The summed E-state index contributed by atoms with van der Waals surface area (Å²) >= 11 is 5.99. The van der Waals surface area contributed by atoms with Crippen molar-refractivity contribution >= 4 is 22.6 Å². The molecule has 0 aliphatic carbocycles. The van der Waals surface area contributed by atoms with Crippen LogP contribution in [0.1, 0.15) is 6.42 Å². The van der Waals surface area contributed by atoms with Crippen molar-refractivity contribution in [3.63, 3.8) is 0 Å². The van der Waals surface area contributed by atoms with Gasteiger partial charge < -0.3 is 23.9 Å². The quantitative estimate of drug-likeness (QED) is 0.481. The van der Waals surface area contributed by atoms with Gasteiger partial charge in [0.05, 0.1) is 6.61 Å². The smallest absolute Gasteiger partial charge is 0.336 e. The van der Waals surface area contributed by atoms with Gasteiger partial charge in [0.15, 0.2) is 11.5 Å². The molecule has 0 fully saturated rings. The molecule has 1 atom stereocenters. The Morgan fingerprint density at radius 3 is 2.93 bits per heavy atom. The van der Waals surface area contributed by atoms with Gasteiger partial charge in [-0.2, -0.15) is 0 Å². The van der Waals surface area contributed by atoms with E-state index in [0.717, 1.165) is 24.1 Å². The number of rotatable bonds is 7. The van der Waals surface area contributed by atoms with E-state index in [1.54, 1.807) is 24.3 Å². The first-order chi connectivity index (χ1) is 13.7. The van der Waals surface area contributed by atoms with Crippen LogP contribution in [0.4, 0.5) is 0 Å². The third kappa shape index (κ3) is 4.58. The number of fused-ring (bicyclic) bond motifs is 2. The maximum absolute atomic E-state index is 11.3. The van der Waals surface area contributed by atoms with E-state index >= 15 is 0 Å². The highest BCUT2D eigenvalue weighted by Crippen LogP contribution is 2.33.